The van der Waals surface area contributed by atoms with E-state index in [1.165, 1.54) is 0 Å². The lowest BCUT2D eigenvalue weighted by molar-refractivity contribution is 0.571. The maximum absolute atomic E-state index is 17.0. The van der Waals surface area contributed by atoms with Gasteiger partial charge < -0.3 is 4.57 Å². The summed E-state index contributed by atoms with van der Waals surface area (Å²) in [4.78, 5) is 0. The van der Waals surface area contributed by atoms with Crippen molar-refractivity contribution in [2.24, 2.45) is 0 Å². The van der Waals surface area contributed by atoms with Gasteiger partial charge in [0.1, 0.15) is 7.14 Å². The van der Waals surface area contributed by atoms with Gasteiger partial charge in [-0.25, -0.2) is 0 Å². The highest BCUT2D eigenvalue weighted by molar-refractivity contribution is 7.73. The fourth-order valence-electron chi connectivity index (χ4n) is 5.91. The Bertz CT molecular complexity index is 1780. The van der Waals surface area contributed by atoms with Crippen molar-refractivity contribution in [3.63, 3.8) is 0 Å². The molecule has 208 valence electrons. The van der Waals surface area contributed by atoms with Crippen molar-refractivity contribution in [3.05, 3.63) is 182 Å². The predicted molar refractivity (Wildman–Crippen MR) is 181 cm³/mol. The van der Waals surface area contributed by atoms with Crippen molar-refractivity contribution in [2.45, 2.75) is 11.3 Å². The second-order valence-electron chi connectivity index (χ2n) is 10.1. The van der Waals surface area contributed by atoms with Crippen LogP contribution in [0, 0.1) is 0 Å². The highest BCUT2D eigenvalue weighted by atomic mass is 35.5. The molecule has 0 fully saturated rings. The average Bonchev–Trinajstić information content (AvgIpc) is 3.01. The number of benzene rings is 6. The first-order valence-corrected chi connectivity index (χ1v) is 16.8. The van der Waals surface area contributed by atoms with Crippen molar-refractivity contribution in [1.29, 1.82) is 0 Å². The molecule has 0 spiro atoms. The molecule has 0 aromatic heterocycles. The van der Waals surface area contributed by atoms with Crippen LogP contribution in [0.4, 0.5) is 0 Å². The molecule has 6 heteroatoms. The molecule has 0 aliphatic rings. The van der Waals surface area contributed by atoms with Crippen molar-refractivity contribution in [2.75, 3.05) is 0 Å². The van der Waals surface area contributed by atoms with Crippen LogP contribution in [0.15, 0.2) is 140 Å². The van der Waals surface area contributed by atoms with Gasteiger partial charge in [0.25, 0.3) is 0 Å². The number of fused-ring (bicyclic) bond motifs is 1. The van der Waals surface area contributed by atoms with E-state index in [0.717, 1.165) is 21.9 Å². The molecule has 0 aliphatic carbocycles. The zero-order chi connectivity index (χ0) is 29.3. The molecule has 0 bridgehead atoms. The lowest BCUT2D eigenvalue weighted by atomic mass is 10.0. The third-order valence-electron chi connectivity index (χ3n) is 7.69. The Kier molecular flexibility index (Phi) is 8.51. The van der Waals surface area contributed by atoms with Gasteiger partial charge in [0.15, 0.2) is 0 Å². The number of halogens is 4. The zero-order valence-corrected chi connectivity index (χ0v) is 26.2. The maximum Gasteiger partial charge on any atom is 0.139 e. The Labute approximate surface area is 266 Å². The van der Waals surface area contributed by atoms with E-state index in [4.69, 9.17) is 46.4 Å². The normalized spacial score (nSPS) is 14.3. The van der Waals surface area contributed by atoms with E-state index >= 15 is 4.57 Å². The lowest BCUT2D eigenvalue weighted by Crippen LogP contribution is -2.21. The Balaban J connectivity index is 1.84. The second kappa shape index (κ2) is 12.3. The molecule has 0 saturated carbocycles. The van der Waals surface area contributed by atoms with Crippen molar-refractivity contribution in [3.8, 4) is 0 Å². The van der Waals surface area contributed by atoms with E-state index in [2.05, 4.69) is 0 Å². The van der Waals surface area contributed by atoms with Crippen LogP contribution in [0.1, 0.15) is 33.6 Å². The van der Waals surface area contributed by atoms with Gasteiger partial charge in [0, 0.05) is 36.5 Å². The Morgan fingerprint density at radius 1 is 0.429 bits per heavy atom. The first-order valence-electron chi connectivity index (χ1n) is 13.5. The van der Waals surface area contributed by atoms with Crippen molar-refractivity contribution >= 4 is 69.6 Å². The van der Waals surface area contributed by atoms with Gasteiger partial charge in [0.2, 0.25) is 0 Å². The van der Waals surface area contributed by atoms with Gasteiger partial charge in [-0.1, -0.05) is 162 Å². The minimum atomic E-state index is -3.77. The summed E-state index contributed by atoms with van der Waals surface area (Å²) in [6.07, 6.45) is 0. The topological polar surface area (TPSA) is 17.1 Å². The molecule has 6 rings (SSSR count). The molecule has 42 heavy (non-hydrogen) atoms. The minimum Gasteiger partial charge on any atom is -0.317 e. The van der Waals surface area contributed by atoms with Gasteiger partial charge in [-0.2, -0.15) is 0 Å². The van der Waals surface area contributed by atoms with Crippen molar-refractivity contribution in [1.82, 2.24) is 0 Å². The molecule has 0 radical (unpaired) electrons. The minimum absolute atomic E-state index is 0.439. The van der Waals surface area contributed by atoms with E-state index < -0.39 is 18.5 Å². The van der Waals surface area contributed by atoms with Crippen LogP contribution in [0.3, 0.4) is 0 Å². The summed E-state index contributed by atoms with van der Waals surface area (Å²) in [6, 6.07) is 44.3. The van der Waals surface area contributed by atoms with Crippen LogP contribution in [-0.2, 0) is 4.57 Å². The first-order chi connectivity index (χ1) is 20.4. The van der Waals surface area contributed by atoms with Gasteiger partial charge in [-0.3, -0.25) is 0 Å². The van der Waals surface area contributed by atoms with E-state index in [9.17, 15) is 0 Å². The lowest BCUT2D eigenvalue weighted by Gasteiger charge is -2.38. The Morgan fingerprint density at radius 2 is 0.810 bits per heavy atom. The fraction of sp³-hybridized carbons (Fsp3) is 0.0556. The Hall–Kier alpha value is -3.03. The number of rotatable bonds is 7. The van der Waals surface area contributed by atoms with Crippen LogP contribution in [0.5, 0.6) is 0 Å². The van der Waals surface area contributed by atoms with E-state index in [1.54, 1.807) is 36.4 Å². The van der Waals surface area contributed by atoms with Crippen molar-refractivity contribution < 1.29 is 4.57 Å². The van der Waals surface area contributed by atoms with Gasteiger partial charge >= 0.3 is 0 Å². The standard InChI is InChI=1S/C36H25Cl4OP/c37-28-19-10-20-29(38)33(28)35(25-13-3-1-4-14-25)42(41,32-23-9-17-24-12-7-8-18-27(24)32)36(26-15-5-2-6-16-26)34-30(39)21-11-22-31(34)40/h1-23,35-36H. The molecule has 6 aromatic carbocycles. The highest BCUT2D eigenvalue weighted by Crippen LogP contribution is 2.74. The van der Waals surface area contributed by atoms with Crippen LogP contribution in [-0.4, -0.2) is 0 Å². The van der Waals surface area contributed by atoms with Gasteiger partial charge in [-0.05, 0) is 46.2 Å². The SMILES string of the molecule is O=P(c1cccc2ccccc12)(C(c1ccccc1)c1c(Cl)cccc1Cl)C(c1ccccc1)c1c(Cl)cccc1Cl. The van der Waals surface area contributed by atoms with Gasteiger partial charge in [-0.15, -0.1) is 0 Å². The summed E-state index contributed by atoms with van der Waals surface area (Å²) in [7, 11) is -3.77. The molecule has 0 aliphatic heterocycles. The largest absolute Gasteiger partial charge is 0.317 e. The summed E-state index contributed by atoms with van der Waals surface area (Å²) in [6.45, 7) is 0. The van der Waals surface area contributed by atoms with Crippen LogP contribution in [0.2, 0.25) is 20.1 Å². The molecule has 6 aromatic rings. The first kappa shape index (κ1) is 29.1. The maximum atomic E-state index is 17.0. The molecule has 2 atom stereocenters. The van der Waals surface area contributed by atoms with E-state index in [-0.39, 0.29) is 0 Å². The van der Waals surface area contributed by atoms with E-state index in [1.807, 2.05) is 103 Å². The quantitative estimate of drug-likeness (QED) is 0.158. The van der Waals surface area contributed by atoms with E-state index in [0.29, 0.717) is 36.5 Å². The highest BCUT2D eigenvalue weighted by Gasteiger charge is 2.48. The summed E-state index contributed by atoms with van der Waals surface area (Å²) in [5, 5.41) is 4.32. The molecule has 1 nitrogen and oxygen atoms in total. The molecule has 2 unspecified atom stereocenters. The number of hydrogen-bond donors (Lipinski definition) is 0. The fourth-order valence-corrected chi connectivity index (χ4v) is 11.8. The molecule has 0 N–H and O–H groups in total. The second-order valence-corrected chi connectivity index (χ2v) is 14.7. The predicted octanol–water partition coefficient (Wildman–Crippen LogP) is 12.0. The average molecular weight is 646 g/mol. The number of hydrogen-bond acceptors (Lipinski definition) is 1. The molecular formula is C36H25Cl4OP. The zero-order valence-electron chi connectivity index (χ0n) is 22.3. The third-order valence-corrected chi connectivity index (χ3v) is 12.8. The molecule has 0 heterocycles. The summed E-state index contributed by atoms with van der Waals surface area (Å²) in [5.41, 5.74) is 1.40. The molecular weight excluding hydrogens is 621 g/mol. The summed E-state index contributed by atoms with van der Waals surface area (Å²) >= 11 is 27.9. The van der Waals surface area contributed by atoms with Crippen LogP contribution < -0.4 is 5.30 Å². The summed E-state index contributed by atoms with van der Waals surface area (Å²) in [5.74, 6) is 0. The summed E-state index contributed by atoms with van der Waals surface area (Å²) < 4.78 is 17.0. The molecule has 0 saturated heterocycles. The smallest absolute Gasteiger partial charge is 0.139 e. The van der Waals surface area contributed by atoms with Crippen LogP contribution >= 0.6 is 53.5 Å². The monoisotopic (exact) mass is 644 g/mol. The molecule has 0 amide bonds. The van der Waals surface area contributed by atoms with Gasteiger partial charge in [0.05, 0.1) is 11.3 Å². The third kappa shape index (κ3) is 5.19. The van der Waals surface area contributed by atoms with Crippen LogP contribution in [0.25, 0.3) is 10.8 Å². The Morgan fingerprint density at radius 3 is 1.29 bits per heavy atom.